The van der Waals surface area contributed by atoms with Crippen molar-refractivity contribution in [1.82, 2.24) is 0 Å². The lowest BCUT2D eigenvalue weighted by atomic mass is 10.2. The average Bonchev–Trinajstić information content (AvgIpc) is 2.35. The van der Waals surface area contributed by atoms with E-state index in [-0.39, 0.29) is 0 Å². The molecule has 0 radical (unpaired) electrons. The molecule has 0 atom stereocenters. The van der Waals surface area contributed by atoms with Crippen LogP contribution in [0.1, 0.15) is 12.5 Å². The predicted molar refractivity (Wildman–Crippen MR) is 68.9 cm³/mol. The lowest BCUT2D eigenvalue weighted by molar-refractivity contribution is 0.339. The van der Waals surface area contributed by atoms with Crippen LogP contribution in [0.5, 0.6) is 17.2 Å². The zero-order valence-corrected chi connectivity index (χ0v) is 10.1. The molecule has 0 amide bonds. The first kappa shape index (κ1) is 11.5. The first-order valence-electron chi connectivity index (χ1n) is 5.75. The molecule has 0 aliphatic heterocycles. The highest BCUT2D eigenvalue weighted by molar-refractivity contribution is 5.36. The summed E-state index contributed by atoms with van der Waals surface area (Å²) in [5.41, 5.74) is 1.23. The Morgan fingerprint density at radius 2 is 1.24 bits per heavy atom. The lowest BCUT2D eigenvalue weighted by Gasteiger charge is -2.07. The summed E-state index contributed by atoms with van der Waals surface area (Å²) in [7, 11) is 0. The summed E-state index contributed by atoms with van der Waals surface area (Å²) in [5, 5.41) is 0. The number of hydrogen-bond acceptors (Lipinski definition) is 2. The monoisotopic (exact) mass is 228 g/mol. The summed E-state index contributed by atoms with van der Waals surface area (Å²) in [4.78, 5) is 0. The third-order valence-electron chi connectivity index (χ3n) is 2.39. The SMILES string of the molecule is CCOc1ccc(Oc2ccc(C)cc2)cc1. The van der Waals surface area contributed by atoms with Gasteiger partial charge in [-0.1, -0.05) is 17.7 Å². The molecule has 0 saturated carbocycles. The molecule has 0 spiro atoms. The van der Waals surface area contributed by atoms with Crippen molar-refractivity contribution in [3.05, 3.63) is 54.1 Å². The molecule has 0 aliphatic rings. The van der Waals surface area contributed by atoms with E-state index in [1.165, 1.54) is 5.56 Å². The van der Waals surface area contributed by atoms with Gasteiger partial charge in [-0.3, -0.25) is 0 Å². The van der Waals surface area contributed by atoms with Crippen LogP contribution in [0.4, 0.5) is 0 Å². The molecule has 0 fully saturated rings. The number of hydrogen-bond donors (Lipinski definition) is 0. The Hall–Kier alpha value is -1.96. The van der Waals surface area contributed by atoms with Crippen LogP contribution in [0.3, 0.4) is 0 Å². The second kappa shape index (κ2) is 5.39. The summed E-state index contributed by atoms with van der Waals surface area (Å²) < 4.78 is 11.1. The molecule has 0 aliphatic carbocycles. The fourth-order valence-corrected chi connectivity index (χ4v) is 1.51. The summed E-state index contributed by atoms with van der Waals surface area (Å²) in [5.74, 6) is 2.53. The van der Waals surface area contributed by atoms with Crippen LogP contribution in [-0.4, -0.2) is 6.61 Å². The topological polar surface area (TPSA) is 18.5 Å². The van der Waals surface area contributed by atoms with Crippen LogP contribution < -0.4 is 9.47 Å². The van der Waals surface area contributed by atoms with Crippen molar-refractivity contribution in [2.75, 3.05) is 6.61 Å². The largest absolute Gasteiger partial charge is 0.494 e. The Morgan fingerprint density at radius 3 is 1.76 bits per heavy atom. The quantitative estimate of drug-likeness (QED) is 0.781. The van der Waals surface area contributed by atoms with Crippen LogP contribution >= 0.6 is 0 Å². The minimum absolute atomic E-state index is 0.679. The van der Waals surface area contributed by atoms with Gasteiger partial charge in [-0.15, -0.1) is 0 Å². The van der Waals surface area contributed by atoms with Gasteiger partial charge in [0.1, 0.15) is 17.2 Å². The van der Waals surface area contributed by atoms with Crippen molar-refractivity contribution in [2.24, 2.45) is 0 Å². The van der Waals surface area contributed by atoms with E-state index in [0.29, 0.717) is 6.61 Å². The Balaban J connectivity index is 2.05. The zero-order valence-electron chi connectivity index (χ0n) is 10.1. The predicted octanol–water partition coefficient (Wildman–Crippen LogP) is 4.19. The molecular weight excluding hydrogens is 212 g/mol. The molecule has 0 unspecified atom stereocenters. The third kappa shape index (κ3) is 3.25. The van der Waals surface area contributed by atoms with Crippen molar-refractivity contribution < 1.29 is 9.47 Å². The highest BCUT2D eigenvalue weighted by Gasteiger charge is 1.97. The van der Waals surface area contributed by atoms with Gasteiger partial charge < -0.3 is 9.47 Å². The van der Waals surface area contributed by atoms with E-state index in [4.69, 9.17) is 9.47 Å². The number of ether oxygens (including phenoxy) is 2. The van der Waals surface area contributed by atoms with Crippen molar-refractivity contribution in [2.45, 2.75) is 13.8 Å². The van der Waals surface area contributed by atoms with Crippen molar-refractivity contribution >= 4 is 0 Å². The highest BCUT2D eigenvalue weighted by Crippen LogP contribution is 2.23. The van der Waals surface area contributed by atoms with Crippen molar-refractivity contribution in [3.63, 3.8) is 0 Å². The zero-order chi connectivity index (χ0) is 12.1. The second-order valence-electron chi connectivity index (χ2n) is 3.82. The van der Waals surface area contributed by atoms with Crippen LogP contribution in [0.25, 0.3) is 0 Å². The lowest BCUT2D eigenvalue weighted by Crippen LogP contribution is -1.91. The summed E-state index contributed by atoms with van der Waals surface area (Å²) in [6, 6.07) is 15.6. The van der Waals surface area contributed by atoms with Crippen LogP contribution in [0.2, 0.25) is 0 Å². The van der Waals surface area contributed by atoms with E-state index in [2.05, 4.69) is 6.92 Å². The molecule has 2 rings (SSSR count). The molecule has 0 aromatic heterocycles. The molecular formula is C15H16O2. The van der Waals surface area contributed by atoms with Crippen molar-refractivity contribution in [1.29, 1.82) is 0 Å². The maximum absolute atomic E-state index is 5.71. The summed E-state index contributed by atoms with van der Waals surface area (Å²) in [6.45, 7) is 4.70. The summed E-state index contributed by atoms with van der Waals surface area (Å²) in [6.07, 6.45) is 0. The molecule has 2 aromatic rings. The minimum atomic E-state index is 0.679. The van der Waals surface area contributed by atoms with E-state index >= 15 is 0 Å². The first-order valence-corrected chi connectivity index (χ1v) is 5.75. The van der Waals surface area contributed by atoms with Gasteiger partial charge in [0.05, 0.1) is 6.61 Å². The molecule has 88 valence electrons. The van der Waals surface area contributed by atoms with Gasteiger partial charge in [-0.05, 0) is 50.2 Å². The molecule has 0 bridgehead atoms. The molecule has 17 heavy (non-hydrogen) atoms. The standard InChI is InChI=1S/C15H16O2/c1-3-16-13-8-10-15(11-9-13)17-14-6-4-12(2)5-7-14/h4-11H,3H2,1-2H3. The van der Waals surface area contributed by atoms with E-state index in [1.54, 1.807) is 0 Å². The van der Waals surface area contributed by atoms with Crippen molar-refractivity contribution in [3.8, 4) is 17.2 Å². The molecule has 2 heteroatoms. The second-order valence-corrected chi connectivity index (χ2v) is 3.82. The molecule has 0 N–H and O–H groups in total. The Morgan fingerprint density at radius 1 is 0.765 bits per heavy atom. The molecule has 0 saturated heterocycles. The Bertz CT molecular complexity index is 457. The van der Waals surface area contributed by atoms with Crippen LogP contribution in [0, 0.1) is 6.92 Å². The normalized spacial score (nSPS) is 10.0. The minimum Gasteiger partial charge on any atom is -0.494 e. The van der Waals surface area contributed by atoms with Crippen LogP contribution in [0.15, 0.2) is 48.5 Å². The summed E-state index contributed by atoms with van der Waals surface area (Å²) >= 11 is 0. The van der Waals surface area contributed by atoms with Gasteiger partial charge in [0.2, 0.25) is 0 Å². The molecule has 2 aromatic carbocycles. The Kier molecular flexibility index (Phi) is 3.66. The van der Waals surface area contributed by atoms with Gasteiger partial charge in [0, 0.05) is 0 Å². The number of benzene rings is 2. The van der Waals surface area contributed by atoms with E-state index < -0.39 is 0 Å². The molecule has 0 heterocycles. The number of rotatable bonds is 4. The van der Waals surface area contributed by atoms with Gasteiger partial charge >= 0.3 is 0 Å². The fraction of sp³-hybridized carbons (Fsp3) is 0.200. The average molecular weight is 228 g/mol. The smallest absolute Gasteiger partial charge is 0.127 e. The van der Waals surface area contributed by atoms with Crippen LogP contribution in [-0.2, 0) is 0 Å². The van der Waals surface area contributed by atoms with Gasteiger partial charge in [0.25, 0.3) is 0 Å². The Labute approximate surface area is 102 Å². The molecule has 2 nitrogen and oxygen atoms in total. The van der Waals surface area contributed by atoms with E-state index in [1.807, 2.05) is 55.5 Å². The maximum atomic E-state index is 5.71. The highest BCUT2D eigenvalue weighted by atomic mass is 16.5. The van der Waals surface area contributed by atoms with Gasteiger partial charge in [-0.25, -0.2) is 0 Å². The third-order valence-corrected chi connectivity index (χ3v) is 2.39. The maximum Gasteiger partial charge on any atom is 0.127 e. The van der Waals surface area contributed by atoms with Gasteiger partial charge in [0.15, 0.2) is 0 Å². The van der Waals surface area contributed by atoms with Gasteiger partial charge in [-0.2, -0.15) is 0 Å². The first-order chi connectivity index (χ1) is 8.28. The number of aryl methyl sites for hydroxylation is 1. The van der Waals surface area contributed by atoms with E-state index in [0.717, 1.165) is 17.2 Å². The fourth-order valence-electron chi connectivity index (χ4n) is 1.51. The van der Waals surface area contributed by atoms with E-state index in [9.17, 15) is 0 Å².